The number of Topliss-reactive ketones (excluding diaryl/α,β-unsaturated/α-hetero) is 1. The SMILES string of the molecule is CC(C)C(=O)CN1CCSC1=O. The van der Waals surface area contributed by atoms with Crippen LogP contribution in [0.3, 0.4) is 0 Å². The van der Waals surface area contributed by atoms with Crippen LogP contribution in [0.15, 0.2) is 0 Å². The summed E-state index contributed by atoms with van der Waals surface area (Å²) < 4.78 is 0. The molecule has 1 aliphatic rings. The van der Waals surface area contributed by atoms with Gasteiger partial charge >= 0.3 is 0 Å². The van der Waals surface area contributed by atoms with Crippen molar-refractivity contribution in [2.75, 3.05) is 18.8 Å². The molecule has 0 aliphatic carbocycles. The topological polar surface area (TPSA) is 37.4 Å². The van der Waals surface area contributed by atoms with Gasteiger partial charge in [0, 0.05) is 18.2 Å². The van der Waals surface area contributed by atoms with Crippen molar-refractivity contribution >= 4 is 22.8 Å². The van der Waals surface area contributed by atoms with Crippen LogP contribution in [0.1, 0.15) is 13.8 Å². The molecule has 1 heterocycles. The first-order valence-electron chi connectivity index (χ1n) is 4.05. The highest BCUT2D eigenvalue weighted by Crippen LogP contribution is 2.17. The lowest BCUT2D eigenvalue weighted by Crippen LogP contribution is -2.31. The molecule has 0 radical (unpaired) electrons. The summed E-state index contributed by atoms with van der Waals surface area (Å²) in [6.07, 6.45) is 0. The number of amides is 1. The van der Waals surface area contributed by atoms with Gasteiger partial charge in [-0.05, 0) is 0 Å². The predicted molar refractivity (Wildman–Crippen MR) is 49.3 cm³/mol. The second kappa shape index (κ2) is 3.94. The average Bonchev–Trinajstić information content (AvgIpc) is 2.36. The van der Waals surface area contributed by atoms with Crippen LogP contribution >= 0.6 is 11.8 Å². The van der Waals surface area contributed by atoms with E-state index in [0.29, 0.717) is 6.54 Å². The molecule has 0 aromatic carbocycles. The van der Waals surface area contributed by atoms with Gasteiger partial charge in [0.2, 0.25) is 0 Å². The van der Waals surface area contributed by atoms with Gasteiger partial charge in [0.25, 0.3) is 5.24 Å². The van der Waals surface area contributed by atoms with E-state index in [9.17, 15) is 9.59 Å². The Morgan fingerprint density at radius 1 is 1.67 bits per heavy atom. The molecule has 3 nitrogen and oxygen atoms in total. The first kappa shape index (κ1) is 9.58. The third-order valence-corrected chi connectivity index (χ3v) is 2.73. The van der Waals surface area contributed by atoms with Crippen LogP contribution in [0.5, 0.6) is 0 Å². The van der Waals surface area contributed by atoms with Crippen LogP contribution in [0.25, 0.3) is 0 Å². The third kappa shape index (κ3) is 2.24. The molecule has 0 aromatic rings. The monoisotopic (exact) mass is 187 g/mol. The molecule has 12 heavy (non-hydrogen) atoms. The minimum Gasteiger partial charge on any atom is -0.325 e. The Morgan fingerprint density at radius 3 is 2.75 bits per heavy atom. The molecule has 0 saturated carbocycles. The van der Waals surface area contributed by atoms with Gasteiger partial charge in [-0.15, -0.1) is 0 Å². The van der Waals surface area contributed by atoms with E-state index < -0.39 is 0 Å². The number of carbonyl (C=O) groups excluding carboxylic acids is 2. The Hall–Kier alpha value is -0.510. The van der Waals surface area contributed by atoms with E-state index in [-0.39, 0.29) is 16.9 Å². The smallest absolute Gasteiger partial charge is 0.282 e. The maximum absolute atomic E-state index is 11.2. The number of ketones is 1. The van der Waals surface area contributed by atoms with Crippen LogP contribution in [0.2, 0.25) is 0 Å². The molecule has 0 spiro atoms. The highest BCUT2D eigenvalue weighted by Gasteiger charge is 2.23. The minimum absolute atomic E-state index is 0.0309. The van der Waals surface area contributed by atoms with E-state index >= 15 is 0 Å². The molecule has 1 amide bonds. The van der Waals surface area contributed by atoms with Gasteiger partial charge in [0.1, 0.15) is 0 Å². The maximum atomic E-state index is 11.2. The second-order valence-corrected chi connectivity index (χ2v) is 4.20. The Bertz CT molecular complexity index is 203. The lowest BCUT2D eigenvalue weighted by Gasteiger charge is -2.14. The fraction of sp³-hybridized carbons (Fsp3) is 0.750. The summed E-state index contributed by atoms with van der Waals surface area (Å²) in [5.41, 5.74) is 0. The van der Waals surface area contributed by atoms with Gasteiger partial charge < -0.3 is 4.90 Å². The van der Waals surface area contributed by atoms with Crippen molar-refractivity contribution in [1.82, 2.24) is 4.90 Å². The highest BCUT2D eigenvalue weighted by molar-refractivity contribution is 8.13. The van der Waals surface area contributed by atoms with Crippen LogP contribution in [0.4, 0.5) is 4.79 Å². The maximum Gasteiger partial charge on any atom is 0.282 e. The summed E-state index contributed by atoms with van der Waals surface area (Å²) in [6, 6.07) is 0. The van der Waals surface area contributed by atoms with Crippen molar-refractivity contribution in [3.05, 3.63) is 0 Å². The van der Waals surface area contributed by atoms with Crippen molar-refractivity contribution in [3.8, 4) is 0 Å². The Labute approximate surface area is 76.5 Å². The second-order valence-electron chi connectivity index (χ2n) is 3.16. The summed E-state index contributed by atoms with van der Waals surface area (Å²) in [7, 11) is 0. The van der Waals surface area contributed by atoms with E-state index in [2.05, 4.69) is 0 Å². The van der Waals surface area contributed by atoms with Crippen LogP contribution < -0.4 is 0 Å². The summed E-state index contributed by atoms with van der Waals surface area (Å²) in [6.45, 7) is 4.73. The number of thioether (sulfide) groups is 1. The van der Waals surface area contributed by atoms with Crippen LogP contribution in [0, 0.1) is 5.92 Å². The fourth-order valence-corrected chi connectivity index (χ4v) is 1.76. The normalized spacial score (nSPS) is 17.6. The van der Waals surface area contributed by atoms with Crippen LogP contribution in [-0.2, 0) is 4.79 Å². The molecular formula is C8H13NO2S. The molecule has 1 rings (SSSR count). The first-order valence-corrected chi connectivity index (χ1v) is 5.04. The van der Waals surface area contributed by atoms with Crippen molar-refractivity contribution in [2.24, 2.45) is 5.92 Å². The predicted octanol–water partition coefficient (Wildman–Crippen LogP) is 1.38. The zero-order valence-electron chi connectivity index (χ0n) is 7.37. The summed E-state index contributed by atoms with van der Waals surface area (Å²) in [5, 5.41) is 0.0454. The summed E-state index contributed by atoms with van der Waals surface area (Å²) in [4.78, 5) is 23.9. The molecule has 0 N–H and O–H groups in total. The van der Waals surface area contributed by atoms with E-state index in [1.165, 1.54) is 11.8 Å². The quantitative estimate of drug-likeness (QED) is 0.670. The zero-order valence-corrected chi connectivity index (χ0v) is 8.19. The zero-order chi connectivity index (χ0) is 9.14. The molecule has 68 valence electrons. The Balaban J connectivity index is 2.40. The summed E-state index contributed by atoms with van der Waals surface area (Å²) >= 11 is 1.29. The first-order chi connectivity index (χ1) is 5.61. The molecule has 1 saturated heterocycles. The standard InChI is InChI=1S/C8H13NO2S/c1-6(2)7(10)5-9-3-4-12-8(9)11/h6H,3-5H2,1-2H3. The van der Waals surface area contributed by atoms with Gasteiger partial charge in [-0.1, -0.05) is 25.6 Å². The fourth-order valence-electron chi connectivity index (χ4n) is 0.940. The molecular weight excluding hydrogens is 174 g/mol. The van der Waals surface area contributed by atoms with E-state index in [4.69, 9.17) is 0 Å². The van der Waals surface area contributed by atoms with E-state index in [1.807, 2.05) is 13.8 Å². The molecule has 0 aromatic heterocycles. The van der Waals surface area contributed by atoms with Gasteiger partial charge in [0.05, 0.1) is 6.54 Å². The van der Waals surface area contributed by atoms with Crippen molar-refractivity contribution < 1.29 is 9.59 Å². The molecule has 1 aliphatic heterocycles. The van der Waals surface area contributed by atoms with Crippen molar-refractivity contribution in [3.63, 3.8) is 0 Å². The number of carbonyl (C=O) groups is 2. The molecule has 1 fully saturated rings. The summed E-state index contributed by atoms with van der Waals surface area (Å²) in [5.74, 6) is 0.999. The van der Waals surface area contributed by atoms with Gasteiger partial charge in [-0.25, -0.2) is 0 Å². The van der Waals surface area contributed by atoms with E-state index in [0.717, 1.165) is 12.3 Å². The Morgan fingerprint density at radius 2 is 2.33 bits per heavy atom. The van der Waals surface area contributed by atoms with Crippen molar-refractivity contribution in [1.29, 1.82) is 0 Å². The molecule has 4 heteroatoms. The largest absolute Gasteiger partial charge is 0.325 e. The van der Waals surface area contributed by atoms with E-state index in [1.54, 1.807) is 4.90 Å². The third-order valence-electron chi connectivity index (χ3n) is 1.84. The lowest BCUT2D eigenvalue weighted by molar-refractivity contribution is -0.122. The average molecular weight is 187 g/mol. The number of hydrogen-bond donors (Lipinski definition) is 0. The van der Waals surface area contributed by atoms with Crippen LogP contribution in [-0.4, -0.2) is 34.8 Å². The highest BCUT2D eigenvalue weighted by atomic mass is 32.2. The van der Waals surface area contributed by atoms with Gasteiger partial charge in [0.15, 0.2) is 5.78 Å². The number of rotatable bonds is 3. The number of nitrogens with zero attached hydrogens (tertiary/aromatic N) is 1. The minimum atomic E-state index is 0.0309. The lowest BCUT2D eigenvalue weighted by atomic mass is 10.1. The number of hydrogen-bond acceptors (Lipinski definition) is 3. The van der Waals surface area contributed by atoms with Gasteiger partial charge in [-0.3, -0.25) is 9.59 Å². The molecule has 0 bridgehead atoms. The Kier molecular flexibility index (Phi) is 3.14. The molecule has 0 atom stereocenters. The van der Waals surface area contributed by atoms with Crippen molar-refractivity contribution in [2.45, 2.75) is 13.8 Å². The molecule has 0 unspecified atom stereocenters. The van der Waals surface area contributed by atoms with Gasteiger partial charge in [-0.2, -0.15) is 0 Å².